The molecule has 0 spiro atoms. The van der Waals surface area contributed by atoms with Crippen molar-refractivity contribution in [3.05, 3.63) is 28.8 Å². The van der Waals surface area contributed by atoms with E-state index in [2.05, 4.69) is 5.32 Å². The maximum atomic E-state index is 11.7. The van der Waals surface area contributed by atoms with Crippen molar-refractivity contribution in [3.8, 4) is 0 Å². The molecule has 19 heavy (non-hydrogen) atoms. The Morgan fingerprint density at radius 1 is 1.47 bits per heavy atom. The Morgan fingerprint density at radius 2 is 2.16 bits per heavy atom. The number of rotatable bonds is 6. The number of carboxylic acids is 1. The largest absolute Gasteiger partial charge is 0.478 e. The molecule has 0 aromatic heterocycles. The van der Waals surface area contributed by atoms with Crippen LogP contribution in [0.5, 0.6) is 0 Å². The third-order valence-corrected chi connectivity index (χ3v) is 2.90. The molecule has 1 atom stereocenters. The molecular weight excluding hydrogens is 270 g/mol. The fraction of sp³-hybridized carbons (Fsp3) is 0.385. The van der Waals surface area contributed by atoms with Crippen molar-refractivity contribution in [2.45, 2.75) is 25.9 Å². The number of carboxylic acid groups (broad SMARTS) is 1. The van der Waals surface area contributed by atoms with Crippen LogP contribution in [0.4, 0.5) is 5.69 Å². The maximum absolute atomic E-state index is 11.7. The maximum Gasteiger partial charge on any atom is 0.337 e. The molecule has 5 nitrogen and oxygen atoms in total. The molecule has 0 heterocycles. The van der Waals surface area contributed by atoms with E-state index in [-0.39, 0.29) is 29.7 Å². The van der Waals surface area contributed by atoms with E-state index >= 15 is 0 Å². The molecule has 1 aromatic carbocycles. The smallest absolute Gasteiger partial charge is 0.337 e. The average Bonchev–Trinajstić information content (AvgIpc) is 2.35. The quantitative estimate of drug-likeness (QED) is 0.843. The van der Waals surface area contributed by atoms with Gasteiger partial charge in [0.1, 0.15) is 0 Å². The summed E-state index contributed by atoms with van der Waals surface area (Å²) in [4.78, 5) is 22.7. The van der Waals surface area contributed by atoms with Gasteiger partial charge in [-0.1, -0.05) is 11.6 Å². The Morgan fingerprint density at radius 3 is 2.74 bits per heavy atom. The van der Waals surface area contributed by atoms with Crippen molar-refractivity contribution in [2.24, 2.45) is 0 Å². The normalized spacial score (nSPS) is 11.9. The highest BCUT2D eigenvalue weighted by Crippen LogP contribution is 2.21. The summed E-state index contributed by atoms with van der Waals surface area (Å²) in [7, 11) is 1.57. The van der Waals surface area contributed by atoms with Crippen molar-refractivity contribution < 1.29 is 19.4 Å². The lowest BCUT2D eigenvalue weighted by Gasteiger charge is -2.11. The fourth-order valence-electron chi connectivity index (χ4n) is 1.47. The van der Waals surface area contributed by atoms with E-state index in [0.717, 1.165) is 0 Å². The van der Waals surface area contributed by atoms with E-state index in [1.54, 1.807) is 7.11 Å². The van der Waals surface area contributed by atoms with Crippen LogP contribution in [0.1, 0.15) is 30.1 Å². The van der Waals surface area contributed by atoms with Crippen LogP contribution in [0.15, 0.2) is 18.2 Å². The summed E-state index contributed by atoms with van der Waals surface area (Å²) < 4.78 is 5.04. The number of methoxy groups -OCH3 is 1. The van der Waals surface area contributed by atoms with Crippen LogP contribution in [0.25, 0.3) is 0 Å². The Bertz CT molecular complexity index is 476. The molecule has 1 unspecified atom stereocenters. The third-order valence-electron chi connectivity index (χ3n) is 2.67. The third kappa shape index (κ3) is 4.89. The molecule has 1 rings (SSSR count). The number of aromatic carboxylic acids is 1. The molecule has 0 fully saturated rings. The van der Waals surface area contributed by atoms with Crippen LogP contribution in [-0.2, 0) is 9.53 Å². The minimum atomic E-state index is -1.11. The second-order valence-corrected chi connectivity index (χ2v) is 4.56. The molecule has 0 aliphatic heterocycles. The van der Waals surface area contributed by atoms with E-state index in [1.165, 1.54) is 18.2 Å². The van der Waals surface area contributed by atoms with Crippen LogP contribution in [0, 0.1) is 0 Å². The van der Waals surface area contributed by atoms with Gasteiger partial charge in [-0.2, -0.15) is 0 Å². The molecule has 6 heteroatoms. The van der Waals surface area contributed by atoms with Crippen LogP contribution in [-0.4, -0.2) is 30.2 Å². The molecule has 0 radical (unpaired) electrons. The topological polar surface area (TPSA) is 75.6 Å². The number of ether oxygens (including phenoxy) is 1. The number of benzene rings is 1. The van der Waals surface area contributed by atoms with E-state index in [1.807, 2.05) is 6.92 Å². The molecule has 0 saturated heterocycles. The van der Waals surface area contributed by atoms with Crippen molar-refractivity contribution in [1.29, 1.82) is 0 Å². The molecule has 1 amide bonds. The van der Waals surface area contributed by atoms with Crippen LogP contribution < -0.4 is 5.32 Å². The monoisotopic (exact) mass is 285 g/mol. The molecular formula is C13H16ClNO4. The molecule has 104 valence electrons. The Labute approximate surface area is 116 Å². The Hall–Kier alpha value is -1.59. The molecule has 0 saturated carbocycles. The first-order chi connectivity index (χ1) is 8.93. The number of carbonyl (C=O) groups excluding carboxylic acids is 1. The van der Waals surface area contributed by atoms with Crippen molar-refractivity contribution in [2.75, 3.05) is 12.4 Å². The predicted molar refractivity (Wildman–Crippen MR) is 72.7 cm³/mol. The highest BCUT2D eigenvalue weighted by molar-refractivity contribution is 6.31. The van der Waals surface area contributed by atoms with Crippen LogP contribution >= 0.6 is 11.6 Å². The van der Waals surface area contributed by atoms with Crippen molar-refractivity contribution in [3.63, 3.8) is 0 Å². The van der Waals surface area contributed by atoms with Crippen LogP contribution in [0.3, 0.4) is 0 Å². The lowest BCUT2D eigenvalue weighted by Crippen LogP contribution is -2.17. The fourth-order valence-corrected chi connectivity index (χ4v) is 1.64. The van der Waals surface area contributed by atoms with Gasteiger partial charge in [-0.3, -0.25) is 4.79 Å². The zero-order valence-corrected chi connectivity index (χ0v) is 11.5. The van der Waals surface area contributed by atoms with Gasteiger partial charge in [0, 0.05) is 18.6 Å². The number of anilines is 1. The lowest BCUT2D eigenvalue weighted by atomic mass is 10.1. The molecule has 1 aromatic rings. The minimum absolute atomic E-state index is 0.0116. The van der Waals surface area contributed by atoms with Gasteiger partial charge in [-0.15, -0.1) is 0 Å². The first-order valence-corrected chi connectivity index (χ1v) is 6.17. The molecule has 0 bridgehead atoms. The summed E-state index contributed by atoms with van der Waals surface area (Å²) in [5.41, 5.74) is 0.215. The highest BCUT2D eigenvalue weighted by Gasteiger charge is 2.13. The summed E-state index contributed by atoms with van der Waals surface area (Å²) in [5, 5.41) is 11.9. The molecule has 0 aliphatic rings. The summed E-state index contributed by atoms with van der Waals surface area (Å²) in [5.74, 6) is -1.38. The van der Waals surface area contributed by atoms with Gasteiger partial charge in [0.25, 0.3) is 0 Å². The minimum Gasteiger partial charge on any atom is -0.478 e. The number of carbonyl (C=O) groups is 2. The second-order valence-electron chi connectivity index (χ2n) is 4.13. The summed E-state index contributed by atoms with van der Waals surface area (Å²) in [6.07, 6.45) is 0.787. The standard InChI is InChI=1S/C13H16ClNO4/c1-8(19-2)3-6-12(16)15-11-7-9(14)4-5-10(11)13(17)18/h4-5,7-8H,3,6H2,1-2H3,(H,15,16)(H,17,18). The van der Waals surface area contributed by atoms with E-state index in [0.29, 0.717) is 11.4 Å². The zero-order valence-electron chi connectivity index (χ0n) is 10.8. The number of nitrogens with one attached hydrogen (secondary N) is 1. The summed E-state index contributed by atoms with van der Waals surface area (Å²) in [6, 6.07) is 4.24. The predicted octanol–water partition coefficient (Wildman–Crippen LogP) is 2.79. The zero-order chi connectivity index (χ0) is 14.4. The molecule has 0 aliphatic carbocycles. The van der Waals surface area contributed by atoms with Gasteiger partial charge in [0.15, 0.2) is 0 Å². The van der Waals surface area contributed by atoms with Gasteiger partial charge in [-0.05, 0) is 31.5 Å². The van der Waals surface area contributed by atoms with Gasteiger partial charge in [0.2, 0.25) is 5.91 Å². The summed E-state index contributed by atoms with van der Waals surface area (Å²) in [6.45, 7) is 1.86. The number of amides is 1. The summed E-state index contributed by atoms with van der Waals surface area (Å²) >= 11 is 5.79. The highest BCUT2D eigenvalue weighted by atomic mass is 35.5. The number of hydrogen-bond acceptors (Lipinski definition) is 3. The first kappa shape index (κ1) is 15.5. The van der Waals surface area contributed by atoms with Gasteiger partial charge >= 0.3 is 5.97 Å². The first-order valence-electron chi connectivity index (χ1n) is 5.79. The van der Waals surface area contributed by atoms with Gasteiger partial charge < -0.3 is 15.2 Å². The SMILES string of the molecule is COC(C)CCC(=O)Nc1cc(Cl)ccc1C(=O)O. The average molecular weight is 286 g/mol. The van der Waals surface area contributed by atoms with E-state index in [4.69, 9.17) is 21.4 Å². The van der Waals surface area contributed by atoms with Crippen molar-refractivity contribution in [1.82, 2.24) is 0 Å². The Balaban J connectivity index is 2.73. The second kappa shape index (κ2) is 7.11. The van der Waals surface area contributed by atoms with Gasteiger partial charge in [0.05, 0.1) is 17.4 Å². The molecule has 2 N–H and O–H groups in total. The van der Waals surface area contributed by atoms with E-state index < -0.39 is 5.97 Å². The number of hydrogen-bond donors (Lipinski definition) is 2. The Kier molecular flexibility index (Phi) is 5.79. The van der Waals surface area contributed by atoms with E-state index in [9.17, 15) is 9.59 Å². The van der Waals surface area contributed by atoms with Crippen LogP contribution in [0.2, 0.25) is 5.02 Å². The number of halogens is 1. The van der Waals surface area contributed by atoms with Crippen molar-refractivity contribution >= 4 is 29.2 Å². The van der Waals surface area contributed by atoms with Gasteiger partial charge in [-0.25, -0.2) is 4.79 Å². The lowest BCUT2D eigenvalue weighted by molar-refractivity contribution is -0.116.